The van der Waals surface area contributed by atoms with Gasteiger partial charge in [-0.15, -0.1) is 0 Å². The Morgan fingerprint density at radius 2 is 1.73 bits per heavy atom. The zero-order chi connectivity index (χ0) is 29.8. The van der Waals surface area contributed by atoms with Crippen molar-refractivity contribution in [1.29, 1.82) is 5.26 Å². The summed E-state index contributed by atoms with van der Waals surface area (Å²) in [5.74, 6) is -1.32. The standard InChI is InChI=1S/C28H30Cl3N3O6S/c1-2-39-27(36)34-11-9-28(17-32,10-12-34)33-26(35)22-14-21(41(37,38)25-8-7-20(30)13-23(25)31)15-24(22)40-16-18-3-5-19(29)6-4-18/h3-8,13,21-22,24H,2,9-12,14-16H2,1H3,(H,33,35)/t21-,22-,24-/m0/s1. The molecule has 0 unspecified atom stereocenters. The molecule has 220 valence electrons. The summed E-state index contributed by atoms with van der Waals surface area (Å²) in [7, 11) is -3.94. The highest BCUT2D eigenvalue weighted by atomic mass is 35.5. The van der Waals surface area contributed by atoms with E-state index in [-0.39, 0.29) is 61.9 Å². The number of carbonyl (C=O) groups is 2. The number of halogens is 3. The highest BCUT2D eigenvalue weighted by molar-refractivity contribution is 7.92. The van der Waals surface area contributed by atoms with Gasteiger partial charge in [-0.05, 0) is 55.7 Å². The molecule has 1 N–H and O–H groups in total. The molecule has 2 aromatic rings. The maximum atomic E-state index is 13.7. The summed E-state index contributed by atoms with van der Waals surface area (Å²) in [5, 5.41) is 12.8. The summed E-state index contributed by atoms with van der Waals surface area (Å²) < 4.78 is 38.4. The number of sulfone groups is 1. The summed E-state index contributed by atoms with van der Waals surface area (Å²) >= 11 is 18.2. The highest BCUT2D eigenvalue weighted by Crippen LogP contribution is 2.39. The Balaban J connectivity index is 1.53. The number of nitrogens with zero attached hydrogens (tertiary/aromatic N) is 2. The van der Waals surface area contributed by atoms with Crippen LogP contribution in [0.5, 0.6) is 0 Å². The SMILES string of the molecule is CCOC(=O)N1CCC(C#N)(NC(=O)[C@H]2C[C@H](S(=O)(=O)c3ccc(Cl)cc3Cl)C[C@@H]2OCc2ccc(Cl)cc2)CC1. The molecule has 2 aliphatic rings. The van der Waals surface area contributed by atoms with Crippen LogP contribution in [0.3, 0.4) is 0 Å². The number of rotatable bonds is 8. The van der Waals surface area contributed by atoms with E-state index in [9.17, 15) is 23.3 Å². The number of carbonyl (C=O) groups excluding carboxylic acids is 2. The lowest BCUT2D eigenvalue weighted by Gasteiger charge is -2.38. The molecule has 2 fully saturated rings. The molecule has 2 aromatic carbocycles. The fraction of sp³-hybridized carbons (Fsp3) is 0.464. The van der Waals surface area contributed by atoms with Crippen molar-refractivity contribution in [3.63, 3.8) is 0 Å². The number of nitriles is 1. The van der Waals surface area contributed by atoms with E-state index in [4.69, 9.17) is 44.3 Å². The first kappa shape index (κ1) is 31.4. The van der Waals surface area contributed by atoms with Crippen molar-refractivity contribution in [2.24, 2.45) is 5.92 Å². The monoisotopic (exact) mass is 641 g/mol. The smallest absolute Gasteiger partial charge is 0.409 e. The van der Waals surface area contributed by atoms with Gasteiger partial charge in [-0.1, -0.05) is 46.9 Å². The van der Waals surface area contributed by atoms with Gasteiger partial charge >= 0.3 is 6.09 Å². The van der Waals surface area contributed by atoms with Gasteiger partial charge in [-0.2, -0.15) is 5.26 Å². The molecule has 13 heteroatoms. The van der Waals surface area contributed by atoms with Crippen LogP contribution in [0.15, 0.2) is 47.4 Å². The molecule has 4 rings (SSSR count). The molecule has 0 radical (unpaired) electrons. The first-order valence-electron chi connectivity index (χ1n) is 13.2. The number of likely N-dealkylation sites (tertiary alicyclic amines) is 1. The van der Waals surface area contributed by atoms with E-state index in [1.807, 2.05) is 0 Å². The fourth-order valence-corrected chi connectivity index (χ4v) is 7.92. The van der Waals surface area contributed by atoms with E-state index in [2.05, 4.69) is 11.4 Å². The Kier molecular flexibility index (Phi) is 10.1. The largest absolute Gasteiger partial charge is 0.450 e. The summed E-state index contributed by atoms with van der Waals surface area (Å²) in [5.41, 5.74) is -0.405. The van der Waals surface area contributed by atoms with Gasteiger partial charge in [0, 0.05) is 36.0 Å². The Morgan fingerprint density at radius 3 is 2.34 bits per heavy atom. The summed E-state index contributed by atoms with van der Waals surface area (Å²) in [4.78, 5) is 27.2. The first-order valence-corrected chi connectivity index (χ1v) is 15.9. The second-order valence-electron chi connectivity index (χ2n) is 10.2. The summed E-state index contributed by atoms with van der Waals surface area (Å²) in [6.07, 6.45) is -0.756. The Hall–Kier alpha value is -2.55. The van der Waals surface area contributed by atoms with Crippen LogP contribution in [0.25, 0.3) is 0 Å². The molecule has 0 bridgehead atoms. The Labute approximate surface area is 254 Å². The second kappa shape index (κ2) is 13.2. The number of ether oxygens (including phenoxy) is 2. The topological polar surface area (TPSA) is 126 Å². The summed E-state index contributed by atoms with van der Waals surface area (Å²) in [6, 6.07) is 13.4. The van der Waals surface area contributed by atoms with Gasteiger partial charge in [-0.3, -0.25) is 4.79 Å². The molecule has 1 heterocycles. The number of amides is 2. The van der Waals surface area contributed by atoms with Crippen LogP contribution in [0, 0.1) is 17.2 Å². The lowest BCUT2D eigenvalue weighted by atomic mass is 9.88. The number of benzene rings is 2. The molecule has 1 aliphatic heterocycles. The Morgan fingerprint density at radius 1 is 1.07 bits per heavy atom. The van der Waals surface area contributed by atoms with Crippen molar-refractivity contribution in [3.8, 4) is 6.07 Å². The Bertz CT molecular complexity index is 1420. The lowest BCUT2D eigenvalue weighted by Crippen LogP contribution is -2.57. The van der Waals surface area contributed by atoms with Gasteiger partial charge in [0.15, 0.2) is 9.84 Å². The van der Waals surface area contributed by atoms with Crippen LogP contribution in [0.2, 0.25) is 15.1 Å². The van der Waals surface area contributed by atoms with Crippen molar-refractivity contribution in [2.75, 3.05) is 19.7 Å². The minimum Gasteiger partial charge on any atom is -0.450 e. The van der Waals surface area contributed by atoms with Gasteiger partial charge < -0.3 is 19.7 Å². The highest BCUT2D eigenvalue weighted by Gasteiger charge is 2.48. The molecule has 1 aliphatic carbocycles. The molecule has 0 spiro atoms. The maximum absolute atomic E-state index is 13.7. The van der Waals surface area contributed by atoms with Gasteiger partial charge in [-0.25, -0.2) is 13.2 Å². The van der Waals surface area contributed by atoms with Crippen LogP contribution in [0.1, 0.15) is 38.2 Å². The summed E-state index contributed by atoms with van der Waals surface area (Å²) in [6.45, 7) is 2.56. The van der Waals surface area contributed by atoms with Gasteiger partial charge in [0.25, 0.3) is 0 Å². The molecule has 0 aromatic heterocycles. The third-order valence-corrected chi connectivity index (χ3v) is 10.7. The minimum absolute atomic E-state index is 0.000766. The van der Waals surface area contributed by atoms with Crippen molar-refractivity contribution >= 4 is 56.6 Å². The second-order valence-corrected chi connectivity index (χ2v) is 13.6. The predicted molar refractivity (Wildman–Crippen MR) is 155 cm³/mol. The number of hydrogen-bond acceptors (Lipinski definition) is 7. The predicted octanol–water partition coefficient (Wildman–Crippen LogP) is 5.42. The molecular weight excluding hydrogens is 613 g/mol. The van der Waals surface area contributed by atoms with Crippen LogP contribution in [-0.4, -0.2) is 61.9 Å². The molecule has 9 nitrogen and oxygen atoms in total. The van der Waals surface area contributed by atoms with Gasteiger partial charge in [0.1, 0.15) is 5.54 Å². The fourth-order valence-electron chi connectivity index (χ4n) is 5.22. The van der Waals surface area contributed by atoms with E-state index in [1.165, 1.54) is 23.1 Å². The number of piperidine rings is 1. The van der Waals surface area contributed by atoms with E-state index >= 15 is 0 Å². The van der Waals surface area contributed by atoms with E-state index < -0.39 is 44.6 Å². The normalized spacial score (nSPS) is 22.1. The zero-order valence-electron chi connectivity index (χ0n) is 22.3. The third-order valence-electron chi connectivity index (χ3n) is 7.53. The van der Waals surface area contributed by atoms with E-state index in [1.54, 1.807) is 31.2 Å². The molecule has 2 amide bonds. The molecular formula is C28H30Cl3N3O6S. The van der Waals surface area contributed by atoms with Crippen LogP contribution in [0.4, 0.5) is 4.79 Å². The average molecular weight is 643 g/mol. The van der Waals surface area contributed by atoms with Gasteiger partial charge in [0.2, 0.25) is 5.91 Å². The van der Waals surface area contributed by atoms with Crippen molar-refractivity contribution < 1.29 is 27.5 Å². The lowest BCUT2D eigenvalue weighted by molar-refractivity contribution is -0.131. The van der Waals surface area contributed by atoms with Crippen LogP contribution in [-0.2, 0) is 30.7 Å². The zero-order valence-corrected chi connectivity index (χ0v) is 25.4. The van der Waals surface area contributed by atoms with Crippen molar-refractivity contribution in [1.82, 2.24) is 10.2 Å². The van der Waals surface area contributed by atoms with Crippen molar-refractivity contribution in [2.45, 2.75) is 61.0 Å². The van der Waals surface area contributed by atoms with Gasteiger partial charge in [0.05, 0.1) is 46.5 Å². The van der Waals surface area contributed by atoms with Crippen LogP contribution >= 0.6 is 34.8 Å². The van der Waals surface area contributed by atoms with E-state index in [0.717, 1.165) is 5.56 Å². The molecule has 3 atom stereocenters. The quantitative estimate of drug-likeness (QED) is 0.408. The van der Waals surface area contributed by atoms with E-state index in [0.29, 0.717) is 10.0 Å². The number of hydrogen-bond donors (Lipinski definition) is 1. The maximum Gasteiger partial charge on any atom is 0.409 e. The van der Waals surface area contributed by atoms with Crippen molar-refractivity contribution in [3.05, 3.63) is 63.1 Å². The molecule has 41 heavy (non-hydrogen) atoms. The molecule has 1 saturated carbocycles. The average Bonchev–Trinajstić information content (AvgIpc) is 3.38. The molecule has 1 saturated heterocycles. The minimum atomic E-state index is -3.94. The number of nitrogens with one attached hydrogen (secondary N) is 1. The van der Waals surface area contributed by atoms with Crippen LogP contribution < -0.4 is 5.32 Å². The first-order chi connectivity index (χ1) is 19.5. The third kappa shape index (κ3) is 7.27.